The van der Waals surface area contributed by atoms with E-state index in [-0.39, 0.29) is 36.1 Å². The van der Waals surface area contributed by atoms with Crippen LogP contribution in [0.15, 0.2) is 35.7 Å². The summed E-state index contributed by atoms with van der Waals surface area (Å²) >= 11 is 1.73. The lowest BCUT2D eigenvalue weighted by Gasteiger charge is -2.38. The van der Waals surface area contributed by atoms with E-state index < -0.39 is 0 Å². The number of benzene rings is 1. The molecule has 0 aliphatic carbocycles. The second kappa shape index (κ2) is 10.6. The zero-order chi connectivity index (χ0) is 24.2. The number of hydrogen-bond donors (Lipinski definition) is 1. The Labute approximate surface area is 201 Å². The summed E-state index contributed by atoms with van der Waals surface area (Å²) in [6.07, 6.45) is 1.61. The monoisotopic (exact) mass is 471 g/mol. The van der Waals surface area contributed by atoms with Crippen LogP contribution >= 0.6 is 11.3 Å². The molecule has 2 unspecified atom stereocenters. The number of nitrogens with zero attached hydrogens (tertiary/aromatic N) is 2. The van der Waals surface area contributed by atoms with Gasteiger partial charge in [-0.3, -0.25) is 4.79 Å². The molecular weight excluding hydrogens is 434 g/mol. The van der Waals surface area contributed by atoms with E-state index in [1.807, 2.05) is 70.7 Å². The quantitative estimate of drug-likeness (QED) is 0.606. The zero-order valence-corrected chi connectivity index (χ0v) is 21.5. The first-order valence-electron chi connectivity index (χ1n) is 11.7. The highest BCUT2D eigenvalue weighted by Crippen LogP contribution is 2.34. The summed E-state index contributed by atoms with van der Waals surface area (Å²) in [7, 11) is 0. The van der Waals surface area contributed by atoms with Crippen molar-refractivity contribution in [3.63, 3.8) is 0 Å². The van der Waals surface area contributed by atoms with Gasteiger partial charge in [0.05, 0.1) is 6.04 Å². The summed E-state index contributed by atoms with van der Waals surface area (Å²) in [5, 5.41) is 5.09. The van der Waals surface area contributed by atoms with Gasteiger partial charge in [-0.2, -0.15) is 0 Å². The highest BCUT2D eigenvalue weighted by molar-refractivity contribution is 7.10. The molecule has 3 amide bonds. The Bertz CT molecular complexity index is 948. The van der Waals surface area contributed by atoms with Crippen LogP contribution in [0, 0.1) is 6.92 Å². The number of carbonyl (C=O) groups excluding carboxylic acids is 2. The molecule has 0 saturated carbocycles. The molecule has 180 valence electrons. The number of carbonyl (C=O) groups is 2. The largest absolute Gasteiger partial charge is 0.491 e. The van der Waals surface area contributed by atoms with E-state index in [1.165, 1.54) is 10.4 Å². The molecule has 0 saturated heterocycles. The Morgan fingerprint density at radius 2 is 1.94 bits per heavy atom. The van der Waals surface area contributed by atoms with Crippen LogP contribution in [-0.4, -0.2) is 53.0 Å². The molecule has 1 aromatic heterocycles. The number of thiophene rings is 1. The Balaban J connectivity index is 1.78. The predicted molar refractivity (Wildman–Crippen MR) is 134 cm³/mol. The highest BCUT2D eigenvalue weighted by Gasteiger charge is 2.34. The van der Waals surface area contributed by atoms with Crippen LogP contribution < -0.4 is 10.1 Å². The molecule has 0 radical (unpaired) electrons. The van der Waals surface area contributed by atoms with Crippen molar-refractivity contribution >= 4 is 23.3 Å². The Kier molecular flexibility index (Phi) is 8.05. The SMILES string of the molecule is CCC(C)N(CC(=O)N1CCc2sccc2C1COc1ccc(C)cc1)C(=O)NC(C)(C)C. The summed E-state index contributed by atoms with van der Waals surface area (Å²) < 4.78 is 6.11. The molecule has 2 heterocycles. The van der Waals surface area contributed by atoms with Gasteiger partial charge in [0.2, 0.25) is 5.91 Å². The van der Waals surface area contributed by atoms with Crippen LogP contribution in [0.4, 0.5) is 4.79 Å². The number of hydrogen-bond acceptors (Lipinski definition) is 4. The maximum Gasteiger partial charge on any atom is 0.318 e. The van der Waals surface area contributed by atoms with Crippen molar-refractivity contribution in [3.05, 3.63) is 51.7 Å². The molecule has 0 bridgehead atoms. The molecule has 7 heteroatoms. The molecule has 0 spiro atoms. The molecule has 1 aliphatic rings. The first-order chi connectivity index (χ1) is 15.6. The zero-order valence-electron chi connectivity index (χ0n) is 20.7. The fraction of sp³-hybridized carbons (Fsp3) is 0.538. The summed E-state index contributed by atoms with van der Waals surface area (Å²) in [5.41, 5.74) is 1.96. The van der Waals surface area contributed by atoms with Gasteiger partial charge in [-0.15, -0.1) is 11.3 Å². The third kappa shape index (κ3) is 6.50. The minimum Gasteiger partial charge on any atom is -0.491 e. The minimum atomic E-state index is -0.368. The fourth-order valence-electron chi connectivity index (χ4n) is 3.96. The minimum absolute atomic E-state index is 0.0416. The average Bonchev–Trinajstić information content (AvgIpc) is 3.24. The second-order valence-electron chi connectivity index (χ2n) is 9.84. The normalized spacial score (nSPS) is 16.7. The lowest BCUT2D eigenvalue weighted by Crippen LogP contribution is -2.55. The van der Waals surface area contributed by atoms with Crippen molar-refractivity contribution in [2.45, 2.75) is 72.0 Å². The summed E-state index contributed by atoms with van der Waals surface area (Å²) in [5.74, 6) is 0.745. The fourth-order valence-corrected chi connectivity index (χ4v) is 4.89. The molecule has 33 heavy (non-hydrogen) atoms. The van der Waals surface area contributed by atoms with Crippen molar-refractivity contribution in [1.82, 2.24) is 15.1 Å². The van der Waals surface area contributed by atoms with Crippen LogP contribution in [0.1, 0.15) is 63.1 Å². The second-order valence-corrected chi connectivity index (χ2v) is 10.8. The van der Waals surface area contributed by atoms with Gasteiger partial charge < -0.3 is 19.9 Å². The standard InChI is InChI=1S/C26H37N3O3S/c1-7-19(3)29(25(31)27-26(4,5)6)16-24(30)28-14-12-23-21(13-15-33-23)22(28)17-32-20-10-8-18(2)9-11-20/h8-11,13,15,19,22H,7,12,14,16-17H2,1-6H3,(H,27,31). The van der Waals surface area contributed by atoms with Gasteiger partial charge in [-0.25, -0.2) is 4.79 Å². The Morgan fingerprint density at radius 3 is 2.58 bits per heavy atom. The van der Waals surface area contributed by atoms with Gasteiger partial charge in [-0.05, 0) is 76.6 Å². The summed E-state index contributed by atoms with van der Waals surface area (Å²) in [4.78, 5) is 31.4. The van der Waals surface area contributed by atoms with Gasteiger partial charge in [0, 0.05) is 23.0 Å². The van der Waals surface area contributed by atoms with E-state index in [2.05, 4.69) is 16.8 Å². The van der Waals surface area contributed by atoms with Crippen LogP contribution in [0.2, 0.25) is 0 Å². The Hall–Kier alpha value is -2.54. The number of amides is 3. The molecular formula is C26H37N3O3S. The van der Waals surface area contributed by atoms with Crippen LogP contribution in [0.25, 0.3) is 0 Å². The predicted octanol–water partition coefficient (Wildman–Crippen LogP) is 5.17. The van der Waals surface area contributed by atoms with E-state index in [0.717, 1.165) is 24.2 Å². The maximum atomic E-state index is 13.5. The number of fused-ring (bicyclic) bond motifs is 1. The molecule has 1 aromatic carbocycles. The molecule has 6 nitrogen and oxygen atoms in total. The number of urea groups is 1. The van der Waals surface area contributed by atoms with Gasteiger partial charge in [0.25, 0.3) is 0 Å². The molecule has 0 fully saturated rings. The molecule has 3 rings (SSSR count). The lowest BCUT2D eigenvalue weighted by atomic mass is 10.00. The summed E-state index contributed by atoms with van der Waals surface area (Å²) in [6.45, 7) is 13.0. The smallest absolute Gasteiger partial charge is 0.318 e. The number of aryl methyl sites for hydroxylation is 1. The lowest BCUT2D eigenvalue weighted by molar-refractivity contribution is -0.136. The number of nitrogens with one attached hydrogen (secondary N) is 1. The van der Waals surface area contributed by atoms with Crippen molar-refractivity contribution < 1.29 is 14.3 Å². The van der Waals surface area contributed by atoms with Crippen LogP contribution in [0.3, 0.4) is 0 Å². The van der Waals surface area contributed by atoms with Crippen LogP contribution in [-0.2, 0) is 11.2 Å². The first-order valence-corrected chi connectivity index (χ1v) is 12.6. The molecule has 2 aromatic rings. The topological polar surface area (TPSA) is 61.9 Å². The van der Waals surface area contributed by atoms with Crippen molar-refractivity contribution in [2.75, 3.05) is 19.7 Å². The van der Waals surface area contributed by atoms with E-state index >= 15 is 0 Å². The van der Waals surface area contributed by atoms with E-state index in [1.54, 1.807) is 16.2 Å². The first kappa shape index (κ1) is 25.1. The average molecular weight is 472 g/mol. The third-order valence-corrected chi connectivity index (χ3v) is 7.01. The van der Waals surface area contributed by atoms with Crippen molar-refractivity contribution in [2.24, 2.45) is 0 Å². The van der Waals surface area contributed by atoms with E-state index in [0.29, 0.717) is 13.2 Å². The number of rotatable bonds is 7. The molecule has 1 aliphatic heterocycles. The third-order valence-electron chi connectivity index (χ3n) is 6.02. The summed E-state index contributed by atoms with van der Waals surface area (Å²) in [6, 6.07) is 9.64. The number of ether oxygens (including phenoxy) is 1. The van der Waals surface area contributed by atoms with Crippen molar-refractivity contribution in [1.29, 1.82) is 0 Å². The van der Waals surface area contributed by atoms with Crippen molar-refractivity contribution in [3.8, 4) is 5.75 Å². The van der Waals surface area contributed by atoms with E-state index in [9.17, 15) is 9.59 Å². The highest BCUT2D eigenvalue weighted by atomic mass is 32.1. The van der Waals surface area contributed by atoms with Crippen LogP contribution in [0.5, 0.6) is 5.75 Å². The maximum absolute atomic E-state index is 13.5. The van der Waals surface area contributed by atoms with Gasteiger partial charge in [0.15, 0.2) is 0 Å². The van der Waals surface area contributed by atoms with Gasteiger partial charge in [-0.1, -0.05) is 24.6 Å². The Morgan fingerprint density at radius 1 is 1.24 bits per heavy atom. The van der Waals surface area contributed by atoms with Gasteiger partial charge in [0.1, 0.15) is 18.9 Å². The van der Waals surface area contributed by atoms with E-state index in [4.69, 9.17) is 4.74 Å². The molecule has 1 N–H and O–H groups in total. The van der Waals surface area contributed by atoms with Gasteiger partial charge >= 0.3 is 6.03 Å². The molecule has 2 atom stereocenters.